The van der Waals surface area contributed by atoms with E-state index >= 15 is 0 Å². The molecule has 0 radical (unpaired) electrons. The fraction of sp³-hybridized carbons (Fsp3) is 0.348. The van der Waals surface area contributed by atoms with Crippen LogP contribution in [0.2, 0.25) is 0 Å². The maximum atomic E-state index is 9.70. The molecule has 0 aliphatic carbocycles. The predicted octanol–water partition coefficient (Wildman–Crippen LogP) is 3.22. The number of hydrogen-bond acceptors (Lipinski definition) is 7. The highest BCUT2D eigenvalue weighted by Gasteiger charge is 2.15. The number of ether oxygens (including phenoxy) is 3. The summed E-state index contributed by atoms with van der Waals surface area (Å²) in [5.41, 5.74) is 3.88. The van der Waals surface area contributed by atoms with Crippen LogP contribution >= 0.6 is 0 Å². The summed E-state index contributed by atoms with van der Waals surface area (Å²) in [5.74, 6) is 1.40. The van der Waals surface area contributed by atoms with Crippen LogP contribution in [0.3, 0.4) is 0 Å². The van der Waals surface area contributed by atoms with Crippen molar-refractivity contribution in [3.8, 4) is 11.5 Å². The summed E-state index contributed by atoms with van der Waals surface area (Å²) in [6.45, 7) is 3.67. The van der Waals surface area contributed by atoms with Crippen LogP contribution in [0.15, 0.2) is 48.7 Å². The lowest BCUT2D eigenvalue weighted by atomic mass is 10.1. The highest BCUT2D eigenvalue weighted by Crippen LogP contribution is 2.34. The SMILES string of the molecule is COc1cc(OC)cc(N(CCO)c2ccc3ncc(N4CCOCC4)cc3c2)c1. The number of aromatic nitrogens is 1. The minimum Gasteiger partial charge on any atom is -0.497 e. The highest BCUT2D eigenvalue weighted by atomic mass is 16.5. The smallest absolute Gasteiger partial charge is 0.124 e. The van der Waals surface area contributed by atoms with Crippen LogP contribution in [0.25, 0.3) is 10.9 Å². The molecule has 2 heterocycles. The number of nitrogens with zero attached hydrogens (tertiary/aromatic N) is 3. The fourth-order valence-electron chi connectivity index (χ4n) is 3.73. The second-order valence-electron chi connectivity index (χ2n) is 7.12. The van der Waals surface area contributed by atoms with Crippen molar-refractivity contribution in [3.63, 3.8) is 0 Å². The molecule has 4 rings (SSSR count). The monoisotopic (exact) mass is 409 g/mol. The molecule has 1 aliphatic rings. The molecule has 30 heavy (non-hydrogen) atoms. The first-order chi connectivity index (χ1) is 14.7. The maximum absolute atomic E-state index is 9.70. The summed E-state index contributed by atoms with van der Waals surface area (Å²) >= 11 is 0. The summed E-state index contributed by atoms with van der Waals surface area (Å²) in [5, 5.41) is 10.8. The van der Waals surface area contributed by atoms with Crippen LogP contribution in [-0.2, 0) is 4.74 Å². The molecule has 0 spiro atoms. The molecule has 1 fully saturated rings. The second kappa shape index (κ2) is 9.19. The lowest BCUT2D eigenvalue weighted by molar-refractivity contribution is 0.122. The first kappa shape index (κ1) is 20.3. The molecule has 3 aromatic rings. The van der Waals surface area contributed by atoms with Crippen molar-refractivity contribution in [1.29, 1.82) is 0 Å². The lowest BCUT2D eigenvalue weighted by Gasteiger charge is -2.29. The Kier molecular flexibility index (Phi) is 6.21. The van der Waals surface area contributed by atoms with Crippen LogP contribution in [0.4, 0.5) is 17.1 Å². The Morgan fingerprint density at radius 1 is 1.00 bits per heavy atom. The number of pyridine rings is 1. The van der Waals surface area contributed by atoms with Crippen molar-refractivity contribution in [1.82, 2.24) is 4.98 Å². The van der Waals surface area contributed by atoms with Crippen molar-refractivity contribution in [2.75, 3.05) is 63.5 Å². The average Bonchev–Trinajstić information content (AvgIpc) is 2.82. The zero-order valence-electron chi connectivity index (χ0n) is 17.4. The van der Waals surface area contributed by atoms with Gasteiger partial charge in [-0.15, -0.1) is 0 Å². The van der Waals surface area contributed by atoms with E-state index in [0.717, 1.165) is 54.3 Å². The zero-order valence-corrected chi connectivity index (χ0v) is 17.4. The first-order valence-electron chi connectivity index (χ1n) is 10.1. The molecule has 0 unspecified atom stereocenters. The molecule has 0 saturated carbocycles. The molecule has 1 aromatic heterocycles. The minimum absolute atomic E-state index is 0.0175. The number of rotatable bonds is 7. The topological polar surface area (TPSA) is 67.3 Å². The van der Waals surface area contributed by atoms with Gasteiger partial charge in [-0.2, -0.15) is 0 Å². The number of anilines is 3. The summed E-state index contributed by atoms with van der Waals surface area (Å²) in [7, 11) is 3.26. The molecule has 0 amide bonds. The third kappa shape index (κ3) is 4.27. The van der Waals surface area contributed by atoms with Gasteiger partial charge in [0.15, 0.2) is 0 Å². The summed E-state index contributed by atoms with van der Waals surface area (Å²) in [6.07, 6.45) is 1.92. The zero-order chi connectivity index (χ0) is 20.9. The van der Waals surface area contributed by atoms with Crippen LogP contribution in [-0.4, -0.2) is 63.8 Å². The van der Waals surface area contributed by atoms with Gasteiger partial charge in [-0.05, 0) is 24.3 Å². The Hall–Kier alpha value is -3.03. The molecule has 0 bridgehead atoms. The van der Waals surface area contributed by atoms with E-state index in [1.807, 2.05) is 41.4 Å². The van der Waals surface area contributed by atoms with Crippen molar-refractivity contribution < 1.29 is 19.3 Å². The van der Waals surface area contributed by atoms with Crippen molar-refractivity contribution in [2.45, 2.75) is 0 Å². The summed E-state index contributed by atoms with van der Waals surface area (Å²) in [6, 6.07) is 14.0. The Balaban J connectivity index is 1.73. The van der Waals surface area contributed by atoms with E-state index in [1.54, 1.807) is 14.2 Å². The molecule has 1 saturated heterocycles. The van der Waals surface area contributed by atoms with Gasteiger partial charge in [-0.3, -0.25) is 4.98 Å². The highest BCUT2D eigenvalue weighted by molar-refractivity contribution is 5.86. The van der Waals surface area contributed by atoms with E-state index in [4.69, 9.17) is 14.2 Å². The van der Waals surface area contributed by atoms with Gasteiger partial charge in [0.25, 0.3) is 0 Å². The molecular weight excluding hydrogens is 382 g/mol. The van der Waals surface area contributed by atoms with Gasteiger partial charge >= 0.3 is 0 Å². The van der Waals surface area contributed by atoms with Gasteiger partial charge < -0.3 is 29.1 Å². The largest absolute Gasteiger partial charge is 0.497 e. The summed E-state index contributed by atoms with van der Waals surface area (Å²) < 4.78 is 16.3. The molecule has 7 nitrogen and oxygen atoms in total. The molecule has 1 aliphatic heterocycles. The normalized spacial score (nSPS) is 14.0. The van der Waals surface area contributed by atoms with Gasteiger partial charge in [0.1, 0.15) is 11.5 Å². The Labute approximate surface area is 176 Å². The molecule has 158 valence electrons. The number of aliphatic hydroxyl groups excluding tert-OH is 1. The number of benzene rings is 2. The van der Waals surface area contributed by atoms with Gasteiger partial charge in [-0.25, -0.2) is 0 Å². The first-order valence-corrected chi connectivity index (χ1v) is 10.1. The standard InChI is InChI=1S/C23H27N3O4/c1-28-21-13-19(14-22(15-21)29-2)26(5-8-27)18-3-4-23-17(11-18)12-20(16-24-23)25-6-9-30-10-7-25/h3-4,11-16,27H,5-10H2,1-2H3. The number of fused-ring (bicyclic) bond motifs is 1. The third-order valence-corrected chi connectivity index (χ3v) is 5.31. The average molecular weight is 409 g/mol. The van der Waals surface area contributed by atoms with Crippen LogP contribution < -0.4 is 19.3 Å². The van der Waals surface area contributed by atoms with Crippen LogP contribution in [0, 0.1) is 0 Å². The number of methoxy groups -OCH3 is 2. The Morgan fingerprint density at radius 2 is 1.73 bits per heavy atom. The number of hydrogen-bond donors (Lipinski definition) is 1. The Bertz CT molecular complexity index is 983. The summed E-state index contributed by atoms with van der Waals surface area (Å²) in [4.78, 5) is 8.98. The maximum Gasteiger partial charge on any atom is 0.124 e. The van der Waals surface area contributed by atoms with E-state index in [2.05, 4.69) is 22.0 Å². The van der Waals surface area contributed by atoms with E-state index in [-0.39, 0.29) is 6.61 Å². The van der Waals surface area contributed by atoms with Crippen molar-refractivity contribution in [2.24, 2.45) is 0 Å². The van der Waals surface area contributed by atoms with E-state index < -0.39 is 0 Å². The fourth-order valence-corrected chi connectivity index (χ4v) is 3.73. The van der Waals surface area contributed by atoms with E-state index in [0.29, 0.717) is 18.0 Å². The molecule has 2 aromatic carbocycles. The van der Waals surface area contributed by atoms with Gasteiger partial charge in [0.05, 0.1) is 51.4 Å². The predicted molar refractivity (Wildman–Crippen MR) is 118 cm³/mol. The number of morpholine rings is 1. The third-order valence-electron chi connectivity index (χ3n) is 5.31. The van der Waals surface area contributed by atoms with E-state index in [1.165, 1.54) is 0 Å². The van der Waals surface area contributed by atoms with Crippen LogP contribution in [0.1, 0.15) is 0 Å². The quantitative estimate of drug-likeness (QED) is 0.643. The molecule has 0 atom stereocenters. The van der Waals surface area contributed by atoms with Crippen LogP contribution in [0.5, 0.6) is 11.5 Å². The number of aliphatic hydroxyl groups is 1. The van der Waals surface area contributed by atoms with Gasteiger partial charge in [-0.1, -0.05) is 0 Å². The van der Waals surface area contributed by atoms with Crippen molar-refractivity contribution >= 4 is 28.0 Å². The van der Waals surface area contributed by atoms with Crippen molar-refractivity contribution in [3.05, 3.63) is 48.7 Å². The molecule has 7 heteroatoms. The minimum atomic E-state index is 0.0175. The lowest BCUT2D eigenvalue weighted by Crippen LogP contribution is -2.36. The molecule has 1 N–H and O–H groups in total. The second-order valence-corrected chi connectivity index (χ2v) is 7.12. The van der Waals surface area contributed by atoms with Gasteiger partial charge in [0, 0.05) is 54.6 Å². The van der Waals surface area contributed by atoms with E-state index in [9.17, 15) is 5.11 Å². The molecular formula is C23H27N3O4. The van der Waals surface area contributed by atoms with Gasteiger partial charge in [0.2, 0.25) is 0 Å². The Morgan fingerprint density at radius 3 is 2.40 bits per heavy atom.